The molecule has 5 rings (SSSR count). The Morgan fingerprint density at radius 1 is 1.25 bits per heavy atom. The van der Waals surface area contributed by atoms with Gasteiger partial charge in [0, 0.05) is 35.6 Å². The molecule has 1 aromatic carbocycles. The second-order valence-electron chi connectivity index (χ2n) is 9.09. The highest BCUT2D eigenvalue weighted by Crippen LogP contribution is 2.33. The van der Waals surface area contributed by atoms with Crippen molar-refractivity contribution >= 4 is 45.7 Å². The molecule has 1 fully saturated rings. The molecule has 188 valence electrons. The Kier molecular flexibility index (Phi) is 7.13. The van der Waals surface area contributed by atoms with Crippen LogP contribution in [0.15, 0.2) is 43.0 Å². The Bertz CT molecular complexity index is 1370. The first kappa shape index (κ1) is 24.5. The number of rotatable bonds is 7. The van der Waals surface area contributed by atoms with Crippen molar-refractivity contribution in [1.82, 2.24) is 29.9 Å². The maximum Gasteiger partial charge on any atom is 0.276 e. The van der Waals surface area contributed by atoms with Crippen LogP contribution in [0.4, 0.5) is 5.69 Å². The lowest BCUT2D eigenvalue weighted by Crippen LogP contribution is -2.39. The maximum atomic E-state index is 13.1. The molecule has 4 aromatic rings. The summed E-state index contributed by atoms with van der Waals surface area (Å²) in [5, 5.41) is 16.0. The highest BCUT2D eigenvalue weighted by Gasteiger charge is 2.21. The number of nitrogens with zero attached hydrogens (tertiary/aromatic N) is 5. The molecular weight excluding hydrogens is 501 g/mol. The molecule has 2 atom stereocenters. The van der Waals surface area contributed by atoms with E-state index >= 15 is 0 Å². The molecule has 9 nitrogen and oxygen atoms in total. The number of anilines is 1. The van der Waals surface area contributed by atoms with Gasteiger partial charge in [-0.15, -0.1) is 0 Å². The van der Waals surface area contributed by atoms with Gasteiger partial charge in [0.05, 0.1) is 34.0 Å². The molecule has 4 heterocycles. The van der Waals surface area contributed by atoms with Crippen molar-refractivity contribution in [3.05, 3.63) is 64.3 Å². The van der Waals surface area contributed by atoms with Crippen molar-refractivity contribution < 1.29 is 9.53 Å². The zero-order valence-electron chi connectivity index (χ0n) is 20.0. The smallest absolute Gasteiger partial charge is 0.276 e. The quantitative estimate of drug-likeness (QED) is 0.336. The molecule has 1 aliphatic rings. The highest BCUT2D eigenvalue weighted by molar-refractivity contribution is 6.35. The van der Waals surface area contributed by atoms with Crippen molar-refractivity contribution in [3.63, 3.8) is 0 Å². The van der Waals surface area contributed by atoms with Crippen LogP contribution in [0.25, 0.3) is 10.9 Å². The number of fused-ring (bicyclic) bond motifs is 1. The number of carbonyl (C=O) groups is 1. The third-order valence-electron chi connectivity index (χ3n) is 6.57. The highest BCUT2D eigenvalue weighted by atomic mass is 35.5. The fourth-order valence-electron chi connectivity index (χ4n) is 4.62. The van der Waals surface area contributed by atoms with Gasteiger partial charge in [0.1, 0.15) is 11.9 Å². The molecule has 0 radical (unpaired) electrons. The van der Waals surface area contributed by atoms with Gasteiger partial charge in [-0.05, 0) is 51.6 Å². The number of likely N-dealkylation sites (N-methyl/N-ethyl adjacent to an activating group) is 1. The number of hydrogen-bond acceptors (Lipinski definition) is 6. The Balaban J connectivity index is 1.30. The second-order valence-corrected chi connectivity index (χ2v) is 9.91. The number of H-pyrrole nitrogens is 1. The molecule has 2 N–H and O–H groups in total. The van der Waals surface area contributed by atoms with Gasteiger partial charge in [0.2, 0.25) is 0 Å². The van der Waals surface area contributed by atoms with Gasteiger partial charge >= 0.3 is 0 Å². The number of piperidine rings is 1. The number of pyridine rings is 1. The number of hydrogen-bond donors (Lipinski definition) is 2. The van der Waals surface area contributed by atoms with Crippen LogP contribution >= 0.6 is 23.2 Å². The molecule has 1 aliphatic heterocycles. The van der Waals surface area contributed by atoms with Crippen LogP contribution in [0.2, 0.25) is 10.0 Å². The van der Waals surface area contributed by atoms with Crippen molar-refractivity contribution in [2.75, 3.05) is 18.9 Å². The van der Waals surface area contributed by atoms with Crippen LogP contribution in [-0.4, -0.2) is 55.4 Å². The van der Waals surface area contributed by atoms with Gasteiger partial charge < -0.3 is 15.0 Å². The molecular formula is C25H27Cl2N7O2. The third-order valence-corrected chi connectivity index (χ3v) is 7.17. The fourth-order valence-corrected chi connectivity index (χ4v) is 5.29. The minimum Gasteiger partial charge on any atom is -0.486 e. The molecule has 3 aromatic heterocycles. The van der Waals surface area contributed by atoms with E-state index in [1.807, 2.05) is 23.9 Å². The molecule has 36 heavy (non-hydrogen) atoms. The van der Waals surface area contributed by atoms with E-state index in [2.05, 4.69) is 37.5 Å². The zero-order chi connectivity index (χ0) is 25.2. The van der Waals surface area contributed by atoms with Crippen LogP contribution in [-0.2, 0) is 6.54 Å². The monoisotopic (exact) mass is 527 g/mol. The van der Waals surface area contributed by atoms with Gasteiger partial charge in [-0.3, -0.25) is 19.6 Å². The summed E-state index contributed by atoms with van der Waals surface area (Å²) in [5.41, 5.74) is 2.26. The molecule has 1 saturated heterocycles. The van der Waals surface area contributed by atoms with Gasteiger partial charge in [0.25, 0.3) is 5.91 Å². The number of aromatic amines is 1. The first-order valence-electron chi connectivity index (χ1n) is 11.9. The van der Waals surface area contributed by atoms with Crippen LogP contribution in [0, 0.1) is 0 Å². The number of aromatic nitrogens is 5. The largest absolute Gasteiger partial charge is 0.486 e. The predicted octanol–water partition coefficient (Wildman–Crippen LogP) is 5.34. The average Bonchev–Trinajstić information content (AvgIpc) is 3.47. The molecule has 0 aliphatic carbocycles. The van der Waals surface area contributed by atoms with E-state index in [9.17, 15) is 4.79 Å². The summed E-state index contributed by atoms with van der Waals surface area (Å²) >= 11 is 12.5. The zero-order valence-corrected chi connectivity index (χ0v) is 21.6. The molecule has 0 spiro atoms. The normalized spacial score (nSPS) is 17.3. The summed E-state index contributed by atoms with van der Waals surface area (Å²) in [7, 11) is 2.15. The van der Waals surface area contributed by atoms with E-state index in [1.54, 1.807) is 18.3 Å². The Morgan fingerprint density at radius 3 is 2.83 bits per heavy atom. The number of halogens is 2. The van der Waals surface area contributed by atoms with Gasteiger partial charge in [-0.25, -0.2) is 0 Å². The minimum absolute atomic E-state index is 0.267. The topological polar surface area (TPSA) is 101 Å². The average molecular weight is 528 g/mol. The summed E-state index contributed by atoms with van der Waals surface area (Å²) in [4.78, 5) is 19.4. The van der Waals surface area contributed by atoms with Crippen molar-refractivity contribution in [3.8, 4) is 5.75 Å². The third kappa shape index (κ3) is 5.18. The lowest BCUT2D eigenvalue weighted by Gasteiger charge is -2.32. The van der Waals surface area contributed by atoms with Gasteiger partial charge in [-0.2, -0.15) is 10.2 Å². The molecule has 1 unspecified atom stereocenters. The summed E-state index contributed by atoms with van der Waals surface area (Å²) in [6.45, 7) is 3.75. The fraction of sp³-hybridized carbons (Fsp3) is 0.360. The van der Waals surface area contributed by atoms with E-state index in [0.29, 0.717) is 38.5 Å². The Labute approximate surface area is 218 Å². The molecule has 1 amide bonds. The van der Waals surface area contributed by atoms with Crippen molar-refractivity contribution in [2.24, 2.45) is 0 Å². The van der Waals surface area contributed by atoms with Gasteiger partial charge in [-0.1, -0.05) is 29.6 Å². The summed E-state index contributed by atoms with van der Waals surface area (Å²) < 4.78 is 7.97. The lowest BCUT2D eigenvalue weighted by molar-refractivity contribution is 0.102. The first-order valence-corrected chi connectivity index (χ1v) is 12.6. The standard InChI is InChI=1S/C25H27Cl2N7O2/c1-15(23-20(26)11-28-12-21(23)27)36-18-6-7-22-19(9-18)24(32-31-22)25(35)30-16-10-29-34(13-16)14-17-5-3-4-8-33(17)2/h6-7,9-13,15,17H,3-5,8,14H2,1-2H3,(H,30,35)(H,31,32)/t15-,17?/m1/s1. The summed E-state index contributed by atoms with van der Waals surface area (Å²) in [6.07, 6.45) is 9.77. The van der Waals surface area contributed by atoms with E-state index in [-0.39, 0.29) is 11.6 Å². The number of nitrogens with one attached hydrogen (secondary N) is 2. The van der Waals surface area contributed by atoms with Crippen LogP contribution in [0.3, 0.4) is 0 Å². The van der Waals surface area contributed by atoms with Crippen LogP contribution in [0.5, 0.6) is 5.75 Å². The van der Waals surface area contributed by atoms with Gasteiger partial charge in [0.15, 0.2) is 5.69 Å². The Morgan fingerprint density at radius 2 is 2.06 bits per heavy atom. The van der Waals surface area contributed by atoms with Crippen LogP contribution in [0.1, 0.15) is 48.3 Å². The number of carbonyl (C=O) groups excluding carboxylic acids is 1. The van der Waals surface area contributed by atoms with E-state index in [1.165, 1.54) is 25.2 Å². The molecule has 11 heteroatoms. The second kappa shape index (κ2) is 10.5. The minimum atomic E-state index is -0.427. The number of amides is 1. The SMILES string of the molecule is C[C@@H](Oc1ccc2[nH]nc(C(=O)Nc3cnn(CC4CCCCN4C)c3)c2c1)c1c(Cl)cncc1Cl. The number of benzene rings is 1. The summed E-state index contributed by atoms with van der Waals surface area (Å²) in [5.74, 6) is 0.222. The van der Waals surface area contributed by atoms with Crippen molar-refractivity contribution in [2.45, 2.75) is 44.9 Å². The predicted molar refractivity (Wildman–Crippen MR) is 140 cm³/mol. The lowest BCUT2D eigenvalue weighted by atomic mass is 10.0. The van der Waals surface area contributed by atoms with Crippen molar-refractivity contribution in [1.29, 1.82) is 0 Å². The number of likely N-dealkylation sites (tertiary alicyclic amines) is 1. The van der Waals surface area contributed by atoms with Crippen LogP contribution < -0.4 is 10.1 Å². The maximum absolute atomic E-state index is 13.1. The van der Waals surface area contributed by atoms with E-state index in [4.69, 9.17) is 27.9 Å². The van der Waals surface area contributed by atoms with E-state index < -0.39 is 6.10 Å². The molecule has 0 saturated carbocycles. The van der Waals surface area contributed by atoms with E-state index in [0.717, 1.165) is 25.0 Å². The molecule has 0 bridgehead atoms. The number of ether oxygens (including phenoxy) is 1. The Hall–Kier alpha value is -3.14. The first-order chi connectivity index (χ1) is 17.4. The summed E-state index contributed by atoms with van der Waals surface area (Å²) in [6, 6.07) is 5.84.